The number of carbonyl (C=O) groups is 1. The van der Waals surface area contributed by atoms with Crippen LogP contribution in [0, 0.1) is 0 Å². The maximum absolute atomic E-state index is 10.7. The molecular weight excluding hydrogens is 198 g/mol. The van der Waals surface area contributed by atoms with E-state index in [-0.39, 0.29) is 0 Å². The number of aliphatic hydroxyl groups excluding tert-OH is 1. The van der Waals surface area contributed by atoms with Crippen LogP contribution in [0.15, 0.2) is 0 Å². The number of aliphatic hydroxyl groups is 1. The van der Waals surface area contributed by atoms with Crippen LogP contribution < -0.4 is 0 Å². The quantitative estimate of drug-likeness (QED) is 0.654. The highest BCUT2D eigenvalue weighted by Gasteiger charge is 2.12. The largest absolute Gasteiger partial charge is 0.391 e. The minimum absolute atomic E-state index is 0.313. The first kappa shape index (κ1) is 11.8. The van der Waals surface area contributed by atoms with Gasteiger partial charge >= 0.3 is 0 Å². The number of rotatable bonds is 6. The van der Waals surface area contributed by atoms with Crippen molar-refractivity contribution in [3.8, 4) is 0 Å². The molecule has 0 spiro atoms. The molecule has 6 heteroatoms. The first-order chi connectivity index (χ1) is 7.19. The summed E-state index contributed by atoms with van der Waals surface area (Å²) in [5, 5.41) is 16.7. The lowest BCUT2D eigenvalue weighted by Crippen LogP contribution is -2.16. The van der Waals surface area contributed by atoms with Gasteiger partial charge in [-0.1, -0.05) is 5.21 Å². The monoisotopic (exact) mass is 213 g/mol. The number of methoxy groups -OCH3 is 1. The Bertz CT molecular complexity index is 322. The summed E-state index contributed by atoms with van der Waals surface area (Å²) in [4.78, 5) is 10.7. The van der Waals surface area contributed by atoms with Crippen molar-refractivity contribution in [1.82, 2.24) is 15.0 Å². The highest BCUT2D eigenvalue weighted by atomic mass is 16.5. The summed E-state index contributed by atoms with van der Waals surface area (Å²) >= 11 is 0. The molecular formula is C9H15N3O3. The summed E-state index contributed by atoms with van der Waals surface area (Å²) in [6.45, 7) is 2.48. The van der Waals surface area contributed by atoms with E-state index in [9.17, 15) is 9.90 Å². The van der Waals surface area contributed by atoms with Crippen LogP contribution in [-0.4, -0.2) is 46.2 Å². The van der Waals surface area contributed by atoms with E-state index in [1.54, 1.807) is 14.0 Å². The number of ether oxygens (including phenoxy) is 1. The second-order valence-corrected chi connectivity index (χ2v) is 3.31. The van der Waals surface area contributed by atoms with Gasteiger partial charge in [0.25, 0.3) is 0 Å². The molecule has 0 aliphatic carbocycles. The molecule has 1 N–H and O–H groups in total. The molecule has 0 amide bonds. The molecule has 1 heterocycles. The minimum atomic E-state index is -0.521. The lowest BCUT2D eigenvalue weighted by molar-refractivity contribution is 0.111. The van der Waals surface area contributed by atoms with E-state index < -0.39 is 6.10 Å². The molecule has 0 bridgehead atoms. The van der Waals surface area contributed by atoms with Gasteiger partial charge in [-0.05, 0) is 6.92 Å². The van der Waals surface area contributed by atoms with Crippen LogP contribution in [-0.2, 0) is 17.7 Å². The summed E-state index contributed by atoms with van der Waals surface area (Å²) in [5.41, 5.74) is 1.01. The standard InChI is InChI=1S/C9H15N3O3/c1-7(14)5-12-9(3-4-15-2)8(6-13)10-11-12/h6-7,14H,3-5H2,1-2H3. The van der Waals surface area contributed by atoms with Crippen molar-refractivity contribution in [1.29, 1.82) is 0 Å². The third kappa shape index (κ3) is 3.10. The predicted octanol–water partition coefficient (Wildman–Crippen LogP) is -0.340. The highest BCUT2D eigenvalue weighted by Crippen LogP contribution is 2.05. The molecule has 84 valence electrons. The number of hydrogen-bond donors (Lipinski definition) is 1. The molecule has 0 aliphatic heterocycles. The van der Waals surface area contributed by atoms with Gasteiger partial charge in [0.1, 0.15) is 5.69 Å². The molecule has 1 atom stereocenters. The van der Waals surface area contributed by atoms with Gasteiger partial charge in [-0.15, -0.1) is 5.10 Å². The fourth-order valence-corrected chi connectivity index (χ4v) is 1.29. The first-order valence-electron chi connectivity index (χ1n) is 4.73. The van der Waals surface area contributed by atoms with Gasteiger partial charge in [0.05, 0.1) is 24.9 Å². The summed E-state index contributed by atoms with van der Waals surface area (Å²) in [6.07, 6.45) is 0.702. The number of hydrogen-bond acceptors (Lipinski definition) is 5. The number of carbonyl (C=O) groups excluding carboxylic acids is 1. The van der Waals surface area contributed by atoms with Crippen LogP contribution in [0.25, 0.3) is 0 Å². The normalized spacial score (nSPS) is 12.7. The molecule has 15 heavy (non-hydrogen) atoms. The van der Waals surface area contributed by atoms with Gasteiger partial charge in [-0.3, -0.25) is 4.79 Å². The van der Waals surface area contributed by atoms with Crippen molar-refractivity contribution in [2.75, 3.05) is 13.7 Å². The van der Waals surface area contributed by atoms with E-state index in [1.807, 2.05) is 0 Å². The van der Waals surface area contributed by atoms with Crippen LogP contribution in [0.2, 0.25) is 0 Å². The average molecular weight is 213 g/mol. The van der Waals surface area contributed by atoms with Gasteiger partial charge < -0.3 is 9.84 Å². The van der Waals surface area contributed by atoms with Crippen LogP contribution >= 0.6 is 0 Å². The van der Waals surface area contributed by atoms with E-state index in [4.69, 9.17) is 4.74 Å². The molecule has 1 unspecified atom stereocenters. The summed E-state index contributed by atoms with van der Waals surface area (Å²) in [6, 6.07) is 0. The zero-order chi connectivity index (χ0) is 11.3. The summed E-state index contributed by atoms with van der Waals surface area (Å²) < 4.78 is 6.46. The molecule has 1 aromatic rings. The van der Waals surface area contributed by atoms with Gasteiger partial charge in [0, 0.05) is 13.5 Å². The van der Waals surface area contributed by atoms with Crippen molar-refractivity contribution < 1.29 is 14.6 Å². The maximum Gasteiger partial charge on any atom is 0.172 e. The van der Waals surface area contributed by atoms with E-state index in [0.717, 1.165) is 0 Å². The number of aldehydes is 1. The van der Waals surface area contributed by atoms with Crippen molar-refractivity contribution in [3.05, 3.63) is 11.4 Å². The van der Waals surface area contributed by atoms with Crippen LogP contribution in [0.1, 0.15) is 23.1 Å². The minimum Gasteiger partial charge on any atom is -0.391 e. The number of aromatic nitrogens is 3. The van der Waals surface area contributed by atoms with Crippen molar-refractivity contribution >= 4 is 6.29 Å². The maximum atomic E-state index is 10.7. The molecule has 0 saturated carbocycles. The van der Waals surface area contributed by atoms with Crippen molar-refractivity contribution in [2.24, 2.45) is 0 Å². The fraction of sp³-hybridized carbons (Fsp3) is 0.667. The zero-order valence-corrected chi connectivity index (χ0v) is 8.88. The Morgan fingerprint density at radius 3 is 2.93 bits per heavy atom. The van der Waals surface area contributed by atoms with Crippen LogP contribution in [0.4, 0.5) is 0 Å². The van der Waals surface area contributed by atoms with Gasteiger partial charge in [0.15, 0.2) is 6.29 Å². The van der Waals surface area contributed by atoms with E-state index in [2.05, 4.69) is 10.3 Å². The second-order valence-electron chi connectivity index (χ2n) is 3.31. The SMILES string of the molecule is COCCc1c(C=O)nnn1CC(C)O. The molecule has 0 aromatic carbocycles. The predicted molar refractivity (Wildman–Crippen MR) is 52.7 cm³/mol. The Morgan fingerprint density at radius 2 is 2.40 bits per heavy atom. The lowest BCUT2D eigenvalue weighted by atomic mass is 10.2. The van der Waals surface area contributed by atoms with E-state index in [0.29, 0.717) is 37.2 Å². The molecule has 1 aromatic heterocycles. The first-order valence-corrected chi connectivity index (χ1v) is 4.73. The summed E-state index contributed by atoms with van der Waals surface area (Å²) in [7, 11) is 1.59. The fourth-order valence-electron chi connectivity index (χ4n) is 1.29. The van der Waals surface area contributed by atoms with Crippen molar-refractivity contribution in [2.45, 2.75) is 26.0 Å². The molecule has 0 saturated heterocycles. The molecule has 0 fully saturated rings. The van der Waals surface area contributed by atoms with Gasteiger partial charge in [-0.25, -0.2) is 4.68 Å². The third-order valence-electron chi connectivity index (χ3n) is 1.96. The second kappa shape index (κ2) is 5.57. The number of nitrogens with zero attached hydrogens (tertiary/aromatic N) is 3. The molecule has 6 nitrogen and oxygen atoms in total. The molecule has 0 aliphatic rings. The molecule has 1 rings (SSSR count). The Labute approximate surface area is 87.9 Å². The zero-order valence-electron chi connectivity index (χ0n) is 8.88. The molecule has 0 radical (unpaired) electrons. The lowest BCUT2D eigenvalue weighted by Gasteiger charge is -2.07. The van der Waals surface area contributed by atoms with Gasteiger partial charge in [-0.2, -0.15) is 0 Å². The Kier molecular flexibility index (Phi) is 4.38. The van der Waals surface area contributed by atoms with Crippen molar-refractivity contribution in [3.63, 3.8) is 0 Å². The Balaban J connectivity index is 2.84. The third-order valence-corrected chi connectivity index (χ3v) is 1.96. The topological polar surface area (TPSA) is 77.2 Å². The Morgan fingerprint density at radius 1 is 1.67 bits per heavy atom. The van der Waals surface area contributed by atoms with E-state index >= 15 is 0 Å². The smallest absolute Gasteiger partial charge is 0.172 e. The highest BCUT2D eigenvalue weighted by molar-refractivity contribution is 5.73. The average Bonchev–Trinajstić information content (AvgIpc) is 2.56. The Hall–Kier alpha value is -1.27. The van der Waals surface area contributed by atoms with Crippen LogP contribution in [0.3, 0.4) is 0 Å². The summed E-state index contributed by atoms with van der Waals surface area (Å²) in [5.74, 6) is 0. The van der Waals surface area contributed by atoms with Crippen LogP contribution in [0.5, 0.6) is 0 Å². The van der Waals surface area contributed by atoms with Gasteiger partial charge in [0.2, 0.25) is 0 Å². The van der Waals surface area contributed by atoms with E-state index in [1.165, 1.54) is 4.68 Å².